The largest absolute Gasteiger partial charge is 0.312 e. The molecule has 0 saturated carbocycles. The Bertz CT molecular complexity index is 242. The van der Waals surface area contributed by atoms with Crippen LogP contribution < -0.4 is 10.6 Å². The van der Waals surface area contributed by atoms with Crippen LogP contribution in [0.3, 0.4) is 0 Å². The molecule has 2 aliphatic rings. The average molecular weight is 288 g/mol. The highest BCUT2D eigenvalue weighted by atomic mass is 17.2. The van der Waals surface area contributed by atoms with Crippen molar-refractivity contribution in [2.45, 2.75) is 37.8 Å². The lowest BCUT2D eigenvalue weighted by atomic mass is 9.83. The summed E-state index contributed by atoms with van der Waals surface area (Å²) in [5.41, 5.74) is 0. The van der Waals surface area contributed by atoms with E-state index in [1.807, 2.05) is 0 Å². The predicted octanol–water partition coefficient (Wildman–Crippen LogP) is 0.879. The third-order valence-corrected chi connectivity index (χ3v) is 4.42. The minimum absolute atomic E-state index is 0.513. The van der Waals surface area contributed by atoms with Gasteiger partial charge in [-0.05, 0) is 50.6 Å². The molecule has 118 valence electrons. The summed E-state index contributed by atoms with van der Waals surface area (Å²) < 4.78 is 0. The molecule has 20 heavy (non-hydrogen) atoms. The third kappa shape index (κ3) is 4.95. The topological polar surface area (TPSA) is 61.0 Å². The van der Waals surface area contributed by atoms with E-state index in [4.69, 9.17) is 19.6 Å². The van der Waals surface area contributed by atoms with E-state index in [0.717, 1.165) is 38.8 Å². The van der Waals surface area contributed by atoms with Gasteiger partial charge >= 0.3 is 0 Å². The number of piperidine rings is 2. The van der Waals surface area contributed by atoms with Gasteiger partial charge in [-0.3, -0.25) is 0 Å². The molecule has 0 aromatic carbocycles. The molecular formula is C14H28N2O4. The molecule has 0 spiro atoms. The molecule has 2 rings (SSSR count). The molecule has 0 aromatic heterocycles. The monoisotopic (exact) mass is 288 g/mol. The highest BCUT2D eigenvalue weighted by molar-refractivity contribution is 4.91. The molecule has 6 heteroatoms. The Balaban J connectivity index is 1.77. The van der Waals surface area contributed by atoms with Crippen LogP contribution >= 0.6 is 0 Å². The maximum absolute atomic E-state index is 5.10. The first-order chi connectivity index (χ1) is 9.83. The maximum Gasteiger partial charge on any atom is 0.0851 e. The van der Waals surface area contributed by atoms with Gasteiger partial charge in [0.15, 0.2) is 0 Å². The van der Waals surface area contributed by atoms with Crippen molar-refractivity contribution in [3.8, 4) is 0 Å². The fourth-order valence-corrected chi connectivity index (χ4v) is 3.31. The Kier molecular flexibility index (Phi) is 7.19. The molecule has 2 N–H and O–H groups in total. The Morgan fingerprint density at radius 2 is 1.25 bits per heavy atom. The number of hydrogen-bond donors (Lipinski definition) is 2. The zero-order valence-corrected chi connectivity index (χ0v) is 12.6. The molecule has 0 aromatic rings. The highest BCUT2D eigenvalue weighted by Crippen LogP contribution is 2.25. The van der Waals surface area contributed by atoms with Gasteiger partial charge in [-0.2, -0.15) is 0 Å². The summed E-state index contributed by atoms with van der Waals surface area (Å²) in [4.78, 5) is 19.6. The second kappa shape index (κ2) is 8.92. The van der Waals surface area contributed by atoms with Gasteiger partial charge in [-0.15, -0.1) is 0 Å². The van der Waals surface area contributed by atoms with Crippen molar-refractivity contribution in [2.24, 2.45) is 11.8 Å². The maximum atomic E-state index is 5.10. The molecule has 0 amide bonds. The second-order valence-electron chi connectivity index (χ2n) is 5.80. The van der Waals surface area contributed by atoms with Crippen LogP contribution in [0.1, 0.15) is 25.7 Å². The molecule has 0 aliphatic carbocycles. The molecule has 4 atom stereocenters. The summed E-state index contributed by atoms with van der Waals surface area (Å²) in [5, 5.41) is 7.28. The molecule has 4 unspecified atom stereocenters. The molecule has 0 bridgehead atoms. The molecule has 2 aliphatic heterocycles. The first kappa shape index (κ1) is 16.1. The van der Waals surface area contributed by atoms with Gasteiger partial charge in [0.1, 0.15) is 0 Å². The van der Waals surface area contributed by atoms with Crippen molar-refractivity contribution in [3.63, 3.8) is 0 Å². The molecular weight excluding hydrogens is 260 g/mol. The van der Waals surface area contributed by atoms with Crippen molar-refractivity contribution in [3.05, 3.63) is 0 Å². The number of hydrogen-bond acceptors (Lipinski definition) is 6. The quantitative estimate of drug-likeness (QED) is 0.536. The smallest absolute Gasteiger partial charge is 0.0851 e. The third-order valence-electron chi connectivity index (χ3n) is 4.42. The molecule has 2 saturated heterocycles. The van der Waals surface area contributed by atoms with Gasteiger partial charge in [0.25, 0.3) is 0 Å². The standard InChI is InChI=1S/C14H28N2O4/c1-17-19-9-11-3-5-15-13(7-11)14-8-12(4-6-16-14)10-20-18-2/h11-16H,3-10H2,1-2H3. The second-order valence-corrected chi connectivity index (χ2v) is 5.80. The fourth-order valence-electron chi connectivity index (χ4n) is 3.31. The summed E-state index contributed by atoms with van der Waals surface area (Å²) in [7, 11) is 3.14. The van der Waals surface area contributed by atoms with Crippen LogP contribution in [0.2, 0.25) is 0 Å². The van der Waals surface area contributed by atoms with E-state index >= 15 is 0 Å². The predicted molar refractivity (Wildman–Crippen MR) is 75.0 cm³/mol. The van der Waals surface area contributed by atoms with E-state index < -0.39 is 0 Å². The van der Waals surface area contributed by atoms with Crippen LogP contribution in [-0.4, -0.2) is 52.6 Å². The summed E-state index contributed by atoms with van der Waals surface area (Å²) in [6.07, 6.45) is 4.59. The van der Waals surface area contributed by atoms with E-state index in [2.05, 4.69) is 10.6 Å². The van der Waals surface area contributed by atoms with E-state index in [1.54, 1.807) is 14.2 Å². The van der Waals surface area contributed by atoms with Crippen molar-refractivity contribution < 1.29 is 19.6 Å². The van der Waals surface area contributed by atoms with Gasteiger partial charge in [0.05, 0.1) is 27.4 Å². The number of nitrogens with one attached hydrogen (secondary N) is 2. The van der Waals surface area contributed by atoms with E-state index in [9.17, 15) is 0 Å². The summed E-state index contributed by atoms with van der Waals surface area (Å²) in [5.74, 6) is 1.16. The lowest BCUT2D eigenvalue weighted by Gasteiger charge is -2.39. The minimum atomic E-state index is 0.513. The Hall–Kier alpha value is -0.240. The van der Waals surface area contributed by atoms with Crippen LogP contribution in [0.15, 0.2) is 0 Å². The van der Waals surface area contributed by atoms with E-state index in [1.165, 1.54) is 0 Å². The Morgan fingerprint density at radius 1 is 0.800 bits per heavy atom. The summed E-state index contributed by atoms with van der Waals surface area (Å²) in [6.45, 7) is 3.49. The van der Waals surface area contributed by atoms with Gasteiger partial charge in [-0.25, -0.2) is 19.6 Å². The zero-order chi connectivity index (χ0) is 14.2. The Labute approximate surface area is 121 Å². The van der Waals surface area contributed by atoms with Gasteiger partial charge < -0.3 is 10.6 Å². The molecule has 0 radical (unpaired) electrons. The first-order valence-corrected chi connectivity index (χ1v) is 7.61. The molecule has 2 heterocycles. The first-order valence-electron chi connectivity index (χ1n) is 7.61. The molecule has 6 nitrogen and oxygen atoms in total. The Morgan fingerprint density at radius 3 is 1.65 bits per heavy atom. The lowest BCUT2D eigenvalue weighted by molar-refractivity contribution is -0.282. The van der Waals surface area contributed by atoms with Crippen LogP contribution in [0.5, 0.6) is 0 Å². The van der Waals surface area contributed by atoms with Crippen LogP contribution in [0.25, 0.3) is 0 Å². The van der Waals surface area contributed by atoms with Crippen LogP contribution in [-0.2, 0) is 19.6 Å². The molecule has 2 fully saturated rings. The summed E-state index contributed by atoms with van der Waals surface area (Å²) >= 11 is 0. The number of rotatable bonds is 7. The normalized spacial score (nSPS) is 35.1. The summed E-state index contributed by atoms with van der Waals surface area (Å²) in [6, 6.07) is 1.03. The lowest BCUT2D eigenvalue weighted by Crippen LogP contribution is -2.55. The minimum Gasteiger partial charge on any atom is -0.312 e. The SMILES string of the molecule is COOCC1CCNC(C2CC(COOC)CCN2)C1. The highest BCUT2D eigenvalue weighted by Gasteiger charge is 2.32. The van der Waals surface area contributed by atoms with Gasteiger partial charge in [0, 0.05) is 12.1 Å². The average Bonchev–Trinajstić information content (AvgIpc) is 2.51. The van der Waals surface area contributed by atoms with Crippen LogP contribution in [0, 0.1) is 11.8 Å². The van der Waals surface area contributed by atoms with Crippen molar-refractivity contribution in [1.29, 1.82) is 0 Å². The fraction of sp³-hybridized carbons (Fsp3) is 1.00. The van der Waals surface area contributed by atoms with Crippen molar-refractivity contribution in [1.82, 2.24) is 10.6 Å². The van der Waals surface area contributed by atoms with Gasteiger partial charge in [-0.1, -0.05) is 0 Å². The van der Waals surface area contributed by atoms with Gasteiger partial charge in [0.2, 0.25) is 0 Å². The van der Waals surface area contributed by atoms with Crippen LogP contribution in [0.4, 0.5) is 0 Å². The van der Waals surface area contributed by atoms with Crippen molar-refractivity contribution >= 4 is 0 Å². The van der Waals surface area contributed by atoms with E-state index in [0.29, 0.717) is 37.1 Å². The van der Waals surface area contributed by atoms with E-state index in [-0.39, 0.29) is 0 Å². The zero-order valence-electron chi connectivity index (χ0n) is 12.6. The van der Waals surface area contributed by atoms with Crippen molar-refractivity contribution in [2.75, 3.05) is 40.5 Å².